The molecule has 0 bridgehead atoms. The molecule has 0 aliphatic rings. The van der Waals surface area contributed by atoms with Gasteiger partial charge in [0.2, 0.25) is 0 Å². The normalized spacial score (nSPS) is 12.2. The third-order valence-corrected chi connectivity index (χ3v) is 5.16. The van der Waals surface area contributed by atoms with Crippen LogP contribution in [-0.2, 0) is 16.1 Å². The minimum absolute atomic E-state index is 0.0172. The van der Waals surface area contributed by atoms with Crippen molar-refractivity contribution in [1.82, 2.24) is 9.55 Å². The molecule has 3 aromatic carbocycles. The molecule has 0 aliphatic heterocycles. The third kappa shape index (κ3) is 3.20. The molecule has 0 saturated heterocycles. The molecule has 0 N–H and O–H groups in total. The van der Waals surface area contributed by atoms with Crippen molar-refractivity contribution in [3.8, 4) is 5.75 Å². The number of carbonyl (C=O) groups is 1. The molecule has 4 rings (SSSR count). The molecular formula is C23H22N2O3. The lowest BCUT2D eigenvalue weighted by molar-refractivity contribution is -0.141. The number of hydrogen-bond acceptors (Lipinski definition) is 4. The first-order chi connectivity index (χ1) is 13.6. The van der Waals surface area contributed by atoms with Crippen molar-refractivity contribution in [3.63, 3.8) is 0 Å². The van der Waals surface area contributed by atoms with E-state index in [4.69, 9.17) is 14.5 Å². The number of esters is 1. The summed E-state index contributed by atoms with van der Waals surface area (Å²) in [5.41, 5.74) is 2.94. The third-order valence-electron chi connectivity index (χ3n) is 5.16. The summed E-state index contributed by atoms with van der Waals surface area (Å²) in [5.74, 6) is 1.42. The predicted octanol–water partition coefficient (Wildman–Crippen LogP) is 4.52. The van der Waals surface area contributed by atoms with Gasteiger partial charge in [-0.1, -0.05) is 43.3 Å². The minimum atomic E-state index is -0.290. The molecule has 0 radical (unpaired) electrons. The van der Waals surface area contributed by atoms with Gasteiger partial charge in [-0.25, -0.2) is 4.98 Å². The molecule has 0 spiro atoms. The molecule has 1 heterocycles. The number of methoxy groups -OCH3 is 2. The fraction of sp³-hybridized carbons (Fsp3) is 0.217. The lowest BCUT2D eigenvalue weighted by Crippen LogP contribution is -2.16. The van der Waals surface area contributed by atoms with Crippen molar-refractivity contribution in [2.45, 2.75) is 19.4 Å². The number of hydrogen-bond donors (Lipinski definition) is 0. The van der Waals surface area contributed by atoms with Crippen LogP contribution in [0.1, 0.15) is 24.2 Å². The lowest BCUT2D eigenvalue weighted by atomic mass is 9.97. The zero-order valence-electron chi connectivity index (χ0n) is 16.2. The van der Waals surface area contributed by atoms with Crippen LogP contribution in [0.4, 0.5) is 0 Å². The van der Waals surface area contributed by atoms with Crippen LogP contribution in [0, 0.1) is 0 Å². The second-order valence-electron chi connectivity index (χ2n) is 6.82. The van der Waals surface area contributed by atoms with Crippen LogP contribution in [0.2, 0.25) is 0 Å². The Labute approximate surface area is 163 Å². The lowest BCUT2D eigenvalue weighted by Gasteiger charge is -2.15. The summed E-state index contributed by atoms with van der Waals surface area (Å²) in [6, 6.07) is 20.3. The van der Waals surface area contributed by atoms with Gasteiger partial charge in [0, 0.05) is 5.92 Å². The quantitative estimate of drug-likeness (QED) is 0.482. The van der Waals surface area contributed by atoms with Crippen molar-refractivity contribution >= 4 is 27.8 Å². The first-order valence-electron chi connectivity index (χ1n) is 9.20. The molecule has 0 fully saturated rings. The maximum atomic E-state index is 12.0. The van der Waals surface area contributed by atoms with E-state index in [2.05, 4.69) is 31.2 Å². The summed E-state index contributed by atoms with van der Waals surface area (Å²) in [6.07, 6.45) is 0. The number of nitrogens with zero attached hydrogens (tertiary/aromatic N) is 2. The number of aromatic nitrogens is 2. The zero-order valence-corrected chi connectivity index (χ0v) is 16.2. The molecule has 1 aromatic heterocycles. The van der Waals surface area contributed by atoms with E-state index in [9.17, 15) is 4.79 Å². The highest BCUT2D eigenvalue weighted by Gasteiger charge is 2.20. The molecular weight excluding hydrogens is 352 g/mol. The number of fused-ring (bicyclic) bond motifs is 2. The van der Waals surface area contributed by atoms with E-state index in [1.807, 2.05) is 41.0 Å². The Morgan fingerprint density at radius 2 is 1.79 bits per heavy atom. The average Bonchev–Trinajstić information content (AvgIpc) is 3.10. The van der Waals surface area contributed by atoms with E-state index in [-0.39, 0.29) is 18.4 Å². The average molecular weight is 374 g/mol. The standard InChI is InChI=1S/C23H22N2O3/c1-15(16-8-9-18-13-19(27-2)11-10-17(18)12-16)23-24-20-6-4-5-7-21(20)25(23)14-22(26)28-3/h4-13,15H,14H2,1-3H3. The highest BCUT2D eigenvalue weighted by Crippen LogP contribution is 2.30. The van der Waals surface area contributed by atoms with Gasteiger partial charge >= 0.3 is 5.97 Å². The smallest absolute Gasteiger partial charge is 0.325 e. The number of para-hydroxylation sites is 2. The summed E-state index contributed by atoms with van der Waals surface area (Å²) in [4.78, 5) is 16.8. The summed E-state index contributed by atoms with van der Waals surface area (Å²) in [6.45, 7) is 2.25. The largest absolute Gasteiger partial charge is 0.497 e. The number of benzene rings is 3. The van der Waals surface area contributed by atoms with Gasteiger partial charge in [-0.2, -0.15) is 0 Å². The van der Waals surface area contributed by atoms with Gasteiger partial charge in [0.15, 0.2) is 0 Å². The summed E-state index contributed by atoms with van der Waals surface area (Å²) in [7, 11) is 3.07. The van der Waals surface area contributed by atoms with Crippen LogP contribution in [0.15, 0.2) is 60.7 Å². The van der Waals surface area contributed by atoms with Crippen molar-refractivity contribution in [3.05, 3.63) is 72.1 Å². The second kappa shape index (κ2) is 7.35. The molecule has 5 nitrogen and oxygen atoms in total. The fourth-order valence-electron chi connectivity index (χ4n) is 3.57. The van der Waals surface area contributed by atoms with Crippen LogP contribution in [-0.4, -0.2) is 29.7 Å². The highest BCUT2D eigenvalue weighted by molar-refractivity contribution is 5.85. The van der Waals surface area contributed by atoms with Gasteiger partial charge in [-0.3, -0.25) is 4.79 Å². The monoisotopic (exact) mass is 374 g/mol. The zero-order chi connectivity index (χ0) is 19.7. The summed E-state index contributed by atoms with van der Waals surface area (Å²) < 4.78 is 12.2. The van der Waals surface area contributed by atoms with Crippen LogP contribution < -0.4 is 4.74 Å². The number of rotatable bonds is 5. The van der Waals surface area contributed by atoms with E-state index in [1.54, 1.807) is 7.11 Å². The molecule has 1 atom stereocenters. The number of carbonyl (C=O) groups excluding carboxylic acids is 1. The number of ether oxygens (including phenoxy) is 2. The Balaban J connectivity index is 1.79. The first-order valence-corrected chi connectivity index (χ1v) is 9.20. The van der Waals surface area contributed by atoms with Crippen LogP contribution >= 0.6 is 0 Å². The Morgan fingerprint density at radius 1 is 1.04 bits per heavy atom. The van der Waals surface area contributed by atoms with Crippen molar-refractivity contribution in [1.29, 1.82) is 0 Å². The minimum Gasteiger partial charge on any atom is -0.497 e. The van der Waals surface area contributed by atoms with Crippen LogP contribution in [0.5, 0.6) is 5.75 Å². The van der Waals surface area contributed by atoms with E-state index in [1.165, 1.54) is 7.11 Å². The van der Waals surface area contributed by atoms with E-state index >= 15 is 0 Å². The van der Waals surface area contributed by atoms with Gasteiger partial charge in [0.05, 0.1) is 25.3 Å². The first kappa shape index (κ1) is 18.0. The Morgan fingerprint density at radius 3 is 2.57 bits per heavy atom. The van der Waals surface area contributed by atoms with Gasteiger partial charge in [-0.15, -0.1) is 0 Å². The van der Waals surface area contributed by atoms with E-state index in [0.29, 0.717) is 0 Å². The molecule has 5 heteroatoms. The van der Waals surface area contributed by atoms with Crippen molar-refractivity contribution in [2.75, 3.05) is 14.2 Å². The van der Waals surface area contributed by atoms with Crippen molar-refractivity contribution in [2.24, 2.45) is 0 Å². The molecule has 0 amide bonds. The molecule has 0 saturated carbocycles. The van der Waals surface area contributed by atoms with Gasteiger partial charge in [-0.05, 0) is 40.6 Å². The SMILES string of the molecule is COC(=O)Cn1c(C(C)c2ccc3cc(OC)ccc3c2)nc2ccccc21. The number of imidazole rings is 1. The molecule has 0 aliphatic carbocycles. The topological polar surface area (TPSA) is 53.4 Å². The molecule has 4 aromatic rings. The van der Waals surface area contributed by atoms with E-state index < -0.39 is 0 Å². The maximum Gasteiger partial charge on any atom is 0.325 e. The molecule has 142 valence electrons. The fourth-order valence-corrected chi connectivity index (χ4v) is 3.57. The Bertz CT molecular complexity index is 1160. The van der Waals surface area contributed by atoms with Gasteiger partial charge < -0.3 is 14.0 Å². The summed E-state index contributed by atoms with van der Waals surface area (Å²) in [5, 5.41) is 2.26. The second-order valence-corrected chi connectivity index (χ2v) is 6.82. The molecule has 1 unspecified atom stereocenters. The van der Waals surface area contributed by atoms with E-state index in [0.717, 1.165) is 38.9 Å². The van der Waals surface area contributed by atoms with Gasteiger partial charge in [0.25, 0.3) is 0 Å². The van der Waals surface area contributed by atoms with Crippen LogP contribution in [0.3, 0.4) is 0 Å². The van der Waals surface area contributed by atoms with Crippen LogP contribution in [0.25, 0.3) is 21.8 Å². The van der Waals surface area contributed by atoms with Crippen molar-refractivity contribution < 1.29 is 14.3 Å². The maximum absolute atomic E-state index is 12.0. The predicted molar refractivity (Wildman–Crippen MR) is 110 cm³/mol. The van der Waals surface area contributed by atoms with Gasteiger partial charge in [0.1, 0.15) is 18.1 Å². The Kier molecular flexibility index (Phi) is 4.74. The molecule has 28 heavy (non-hydrogen) atoms. The highest BCUT2D eigenvalue weighted by atomic mass is 16.5. The Hall–Kier alpha value is -3.34. The summed E-state index contributed by atoms with van der Waals surface area (Å²) >= 11 is 0.